The minimum Gasteiger partial charge on any atom is -0.454 e. The van der Waals surface area contributed by atoms with Gasteiger partial charge in [0.05, 0.1) is 33.7 Å². The van der Waals surface area contributed by atoms with Crippen molar-refractivity contribution in [2.24, 2.45) is 0 Å². The maximum atomic E-state index is 7.25. The number of para-hydroxylation sites is 4. The first-order valence-corrected chi connectivity index (χ1v) is 34.6. The van der Waals surface area contributed by atoms with Crippen LogP contribution in [-0.4, -0.2) is 16.9 Å². The van der Waals surface area contributed by atoms with Crippen LogP contribution in [0.2, 0.25) is 32.7 Å². The van der Waals surface area contributed by atoms with Gasteiger partial charge in [-0.15, -0.1) is 0 Å². The van der Waals surface area contributed by atoms with Gasteiger partial charge in [0, 0.05) is 49.7 Å². The number of aryl methyl sites for hydroxylation is 4. The molecule has 14 rings (SSSR count). The van der Waals surface area contributed by atoms with Crippen LogP contribution in [0, 0.1) is 27.7 Å². The Kier molecular flexibility index (Phi) is 11.0. The van der Waals surface area contributed by atoms with Crippen LogP contribution in [0.1, 0.15) is 69.5 Å². The third-order valence-corrected chi connectivity index (χ3v) is 21.2. The Labute approximate surface area is 467 Å². The SMILES string of the molecule is Cc1cc(C)cc(N(c2ccc3c(c2)-c2cc(N(c4cc(C)cc(C)c4)c4cccc5c4oc4c([Si](C)(C)C)cccc45)ccc2C32c3ccccc3C(C)(C)c3ccccc32)c2cccc3c2oc2c([SiH](C)C)cccc23)c1. The molecule has 2 aliphatic carbocycles. The van der Waals surface area contributed by atoms with Crippen LogP contribution in [0.5, 0.6) is 0 Å². The minimum atomic E-state index is -1.78. The molecule has 2 aromatic heterocycles. The standard InChI is InChI=1S/C73H66N2O2Si2/c1-44-36-45(2)39-50(38-44)74(64-28-16-20-52-54-22-18-30-66(78(7)8)70(54)76-68(52)64)48-32-34-58-56(42-48)57-43-49(33-35-59(57)73(58)62-26-14-12-24-60(62)72(5,6)61-25-13-15-27-63(61)73)75(51-40-46(3)37-47(4)41-51)65-29-17-21-53-55-23-19-31-67(79(9,10)11)71(55)77-69(53)65/h12-43,78H,1-11H3. The van der Waals surface area contributed by atoms with Gasteiger partial charge in [-0.2, -0.15) is 0 Å². The average molecular weight is 1060 g/mol. The molecule has 0 fully saturated rings. The minimum absolute atomic E-state index is 0.231. The summed E-state index contributed by atoms with van der Waals surface area (Å²) in [6, 6.07) is 73.8. The van der Waals surface area contributed by atoms with Crippen molar-refractivity contribution in [3.05, 3.63) is 250 Å². The fourth-order valence-corrected chi connectivity index (χ4v) is 16.9. The Morgan fingerprint density at radius 2 is 0.785 bits per heavy atom. The molecule has 79 heavy (non-hydrogen) atoms. The van der Waals surface area contributed by atoms with E-state index in [9.17, 15) is 0 Å². The fraction of sp³-hybridized carbons (Fsp3) is 0.178. The van der Waals surface area contributed by atoms with E-state index in [1.807, 2.05) is 0 Å². The molecule has 2 aliphatic rings. The molecule has 12 aromatic rings. The summed E-state index contributed by atoms with van der Waals surface area (Å²) >= 11 is 0. The van der Waals surface area contributed by atoms with E-state index in [1.165, 1.54) is 87.9 Å². The van der Waals surface area contributed by atoms with Crippen molar-refractivity contribution in [3.63, 3.8) is 0 Å². The van der Waals surface area contributed by atoms with Crippen LogP contribution in [0.4, 0.5) is 34.1 Å². The van der Waals surface area contributed by atoms with Crippen molar-refractivity contribution in [3.8, 4) is 11.1 Å². The number of fused-ring (bicyclic) bond motifs is 15. The first-order valence-electron chi connectivity index (χ1n) is 28.2. The van der Waals surface area contributed by atoms with Crippen LogP contribution in [-0.2, 0) is 10.8 Å². The highest BCUT2D eigenvalue weighted by Gasteiger charge is 2.53. The van der Waals surface area contributed by atoms with Crippen molar-refractivity contribution in [1.29, 1.82) is 0 Å². The van der Waals surface area contributed by atoms with Crippen LogP contribution in [0.25, 0.3) is 55.0 Å². The summed E-state index contributed by atoms with van der Waals surface area (Å²) < 4.78 is 14.4. The lowest BCUT2D eigenvalue weighted by Crippen LogP contribution is -2.40. The molecule has 0 radical (unpaired) electrons. The van der Waals surface area contributed by atoms with Gasteiger partial charge in [-0.1, -0.05) is 180 Å². The second-order valence-corrected chi connectivity index (χ2v) is 32.6. The number of nitrogens with zero attached hydrogens (tertiary/aromatic N) is 2. The second-order valence-electron chi connectivity index (χ2n) is 24.6. The van der Waals surface area contributed by atoms with E-state index >= 15 is 0 Å². The third-order valence-electron chi connectivity index (χ3n) is 17.5. The van der Waals surface area contributed by atoms with E-state index in [-0.39, 0.29) is 5.41 Å². The smallest absolute Gasteiger partial charge is 0.159 e. The Balaban J connectivity index is 1.08. The first kappa shape index (κ1) is 49.2. The number of rotatable bonds is 8. The molecule has 4 nitrogen and oxygen atoms in total. The zero-order valence-corrected chi connectivity index (χ0v) is 49.4. The van der Waals surface area contributed by atoms with Crippen LogP contribution in [0.3, 0.4) is 0 Å². The van der Waals surface area contributed by atoms with Gasteiger partial charge in [-0.3, -0.25) is 0 Å². The van der Waals surface area contributed by atoms with Crippen LogP contribution in [0.15, 0.2) is 203 Å². The largest absolute Gasteiger partial charge is 0.454 e. The zero-order chi connectivity index (χ0) is 54.4. The summed E-state index contributed by atoms with van der Waals surface area (Å²) in [5.41, 5.74) is 24.5. The van der Waals surface area contributed by atoms with Crippen LogP contribution < -0.4 is 20.2 Å². The van der Waals surface area contributed by atoms with Crippen molar-refractivity contribution >= 4 is 105 Å². The lowest BCUT2D eigenvalue weighted by molar-refractivity contribution is 0.563. The molecule has 388 valence electrons. The van der Waals surface area contributed by atoms with Gasteiger partial charge >= 0.3 is 0 Å². The third kappa shape index (κ3) is 7.30. The lowest BCUT2D eigenvalue weighted by Gasteiger charge is -2.46. The van der Waals surface area contributed by atoms with Gasteiger partial charge in [-0.25, -0.2) is 0 Å². The predicted molar refractivity (Wildman–Crippen MR) is 340 cm³/mol. The Bertz CT molecular complexity index is 4420. The van der Waals surface area contributed by atoms with Crippen LogP contribution >= 0.6 is 0 Å². The number of furan rings is 2. The Hall–Kier alpha value is -8.17. The molecule has 1 spiro atoms. The highest BCUT2D eigenvalue weighted by atomic mass is 28.3. The monoisotopic (exact) mass is 1060 g/mol. The van der Waals surface area contributed by atoms with Gasteiger partial charge in [0.2, 0.25) is 0 Å². The van der Waals surface area contributed by atoms with E-state index in [4.69, 9.17) is 8.83 Å². The summed E-state index contributed by atoms with van der Waals surface area (Å²) in [6.07, 6.45) is 0. The molecular formula is C73H66N2O2Si2. The van der Waals surface area contributed by atoms with Gasteiger partial charge in [-0.05, 0) is 165 Å². The zero-order valence-electron chi connectivity index (χ0n) is 47.3. The number of benzene rings is 10. The number of anilines is 6. The van der Waals surface area contributed by atoms with E-state index in [0.717, 1.165) is 67.2 Å². The quantitative estimate of drug-likeness (QED) is 0.142. The van der Waals surface area contributed by atoms with E-state index in [2.05, 4.69) is 278 Å². The predicted octanol–water partition coefficient (Wildman–Crippen LogP) is 18.9. The van der Waals surface area contributed by atoms with E-state index < -0.39 is 22.3 Å². The van der Waals surface area contributed by atoms with Gasteiger partial charge in [0.25, 0.3) is 0 Å². The molecule has 0 saturated heterocycles. The highest BCUT2D eigenvalue weighted by molar-refractivity contribution is 6.90. The number of hydrogen-bond acceptors (Lipinski definition) is 4. The summed E-state index contributed by atoms with van der Waals surface area (Å²) in [7, 11) is -3.00. The number of hydrogen-bond donors (Lipinski definition) is 0. The Morgan fingerprint density at radius 3 is 1.24 bits per heavy atom. The summed E-state index contributed by atoms with van der Waals surface area (Å²) in [5.74, 6) is 0. The lowest BCUT2D eigenvalue weighted by atomic mass is 9.55. The van der Waals surface area contributed by atoms with Crippen molar-refractivity contribution in [2.45, 2.75) is 85.1 Å². The molecule has 6 heteroatoms. The first-order chi connectivity index (χ1) is 38.0. The molecule has 0 bridgehead atoms. The molecule has 10 aromatic carbocycles. The second kappa shape index (κ2) is 17.7. The molecular weight excluding hydrogens is 993 g/mol. The average Bonchev–Trinajstić information content (AvgIpc) is 3.33. The van der Waals surface area contributed by atoms with Gasteiger partial charge in [0.1, 0.15) is 11.2 Å². The summed E-state index contributed by atoms with van der Waals surface area (Å²) in [5, 5.41) is 7.30. The van der Waals surface area contributed by atoms with Gasteiger partial charge in [0.15, 0.2) is 11.2 Å². The molecule has 0 unspecified atom stereocenters. The Morgan fingerprint density at radius 1 is 0.380 bits per heavy atom. The molecule has 0 aliphatic heterocycles. The van der Waals surface area contributed by atoms with Gasteiger partial charge < -0.3 is 18.6 Å². The van der Waals surface area contributed by atoms with Crippen molar-refractivity contribution in [1.82, 2.24) is 0 Å². The highest BCUT2D eigenvalue weighted by Crippen LogP contribution is 2.63. The maximum absolute atomic E-state index is 7.25. The van der Waals surface area contributed by atoms with E-state index in [1.54, 1.807) is 0 Å². The maximum Gasteiger partial charge on any atom is 0.159 e. The molecule has 0 atom stereocenters. The van der Waals surface area contributed by atoms with Crippen molar-refractivity contribution < 1.29 is 8.83 Å². The molecule has 0 amide bonds. The topological polar surface area (TPSA) is 32.8 Å². The summed E-state index contributed by atoms with van der Waals surface area (Å²) in [6.45, 7) is 25.6. The summed E-state index contributed by atoms with van der Waals surface area (Å²) in [4.78, 5) is 4.91. The molecule has 0 N–H and O–H groups in total. The molecule has 2 heterocycles. The van der Waals surface area contributed by atoms with E-state index in [0.29, 0.717) is 0 Å². The fourth-order valence-electron chi connectivity index (χ4n) is 14.2. The molecule has 0 saturated carbocycles. The van der Waals surface area contributed by atoms with Crippen molar-refractivity contribution in [2.75, 3.05) is 9.80 Å². The normalized spacial score (nSPS) is 14.1.